The molecule has 0 aliphatic heterocycles. The summed E-state index contributed by atoms with van der Waals surface area (Å²) in [6, 6.07) is 15.2. The molecule has 24 heavy (non-hydrogen) atoms. The first kappa shape index (κ1) is 16.8. The zero-order chi connectivity index (χ0) is 16.8. The molecule has 2 aromatic carbocycles. The summed E-state index contributed by atoms with van der Waals surface area (Å²) < 4.78 is 5.79. The molecule has 1 aliphatic carbocycles. The zero-order valence-corrected chi connectivity index (χ0v) is 14.4. The number of hydrogen-bond acceptors (Lipinski definition) is 2. The van der Waals surface area contributed by atoms with Crippen LogP contribution in [0.2, 0.25) is 5.02 Å². The topological polar surface area (TPSA) is 38.3 Å². The molecule has 3 nitrogen and oxygen atoms in total. The molecule has 0 radical (unpaired) electrons. The number of carbonyl (C=O) groups is 1. The molecule has 3 rings (SSSR count). The fourth-order valence-electron chi connectivity index (χ4n) is 3.02. The quantitative estimate of drug-likeness (QED) is 0.831. The Kier molecular flexibility index (Phi) is 5.76. The van der Waals surface area contributed by atoms with Gasteiger partial charge in [-0.3, -0.25) is 4.79 Å². The van der Waals surface area contributed by atoms with Crippen LogP contribution < -0.4 is 10.1 Å². The second kappa shape index (κ2) is 8.20. The SMILES string of the molecule is O=C(NC1CCCCC1)c1cccc(OCc2ccccc2Cl)c1. The van der Waals surface area contributed by atoms with E-state index in [1.54, 1.807) is 6.07 Å². The van der Waals surface area contributed by atoms with Gasteiger partial charge in [0, 0.05) is 22.2 Å². The van der Waals surface area contributed by atoms with Gasteiger partial charge in [0.15, 0.2) is 0 Å². The van der Waals surface area contributed by atoms with Crippen molar-refractivity contribution in [2.24, 2.45) is 0 Å². The fraction of sp³-hybridized carbons (Fsp3) is 0.350. The van der Waals surface area contributed by atoms with Gasteiger partial charge in [-0.15, -0.1) is 0 Å². The smallest absolute Gasteiger partial charge is 0.251 e. The number of amides is 1. The Balaban J connectivity index is 1.61. The summed E-state index contributed by atoms with van der Waals surface area (Å²) in [5.41, 5.74) is 1.56. The van der Waals surface area contributed by atoms with Crippen molar-refractivity contribution in [2.75, 3.05) is 0 Å². The summed E-state index contributed by atoms with van der Waals surface area (Å²) in [6.45, 7) is 0.382. The largest absolute Gasteiger partial charge is 0.489 e. The highest BCUT2D eigenvalue weighted by Gasteiger charge is 2.16. The molecule has 126 valence electrons. The van der Waals surface area contributed by atoms with Crippen LogP contribution >= 0.6 is 11.6 Å². The maximum atomic E-state index is 12.4. The van der Waals surface area contributed by atoms with Crippen LogP contribution in [0.4, 0.5) is 0 Å². The molecule has 1 aliphatic rings. The van der Waals surface area contributed by atoms with Gasteiger partial charge >= 0.3 is 0 Å². The predicted molar refractivity (Wildman–Crippen MR) is 96.6 cm³/mol. The van der Waals surface area contributed by atoms with Crippen molar-refractivity contribution >= 4 is 17.5 Å². The van der Waals surface area contributed by atoms with Crippen LogP contribution in [0.5, 0.6) is 5.75 Å². The molecule has 4 heteroatoms. The lowest BCUT2D eigenvalue weighted by Gasteiger charge is -2.22. The third kappa shape index (κ3) is 4.51. The first-order valence-electron chi connectivity index (χ1n) is 8.49. The molecule has 1 saturated carbocycles. The van der Waals surface area contributed by atoms with Crippen molar-refractivity contribution in [1.29, 1.82) is 0 Å². The summed E-state index contributed by atoms with van der Waals surface area (Å²) >= 11 is 6.14. The van der Waals surface area contributed by atoms with Gasteiger partial charge in [0.25, 0.3) is 5.91 Å². The molecule has 0 heterocycles. The summed E-state index contributed by atoms with van der Waals surface area (Å²) in [5.74, 6) is 0.649. The Morgan fingerprint density at radius 1 is 1.08 bits per heavy atom. The van der Waals surface area contributed by atoms with Crippen LogP contribution in [0.15, 0.2) is 48.5 Å². The fourth-order valence-corrected chi connectivity index (χ4v) is 3.21. The third-order valence-corrected chi connectivity index (χ3v) is 4.76. The third-order valence-electron chi connectivity index (χ3n) is 4.39. The molecular formula is C20H22ClNO2. The molecule has 0 spiro atoms. The number of benzene rings is 2. The number of nitrogens with one attached hydrogen (secondary N) is 1. The molecule has 1 N–H and O–H groups in total. The first-order valence-corrected chi connectivity index (χ1v) is 8.87. The number of hydrogen-bond donors (Lipinski definition) is 1. The van der Waals surface area contributed by atoms with E-state index in [1.165, 1.54) is 19.3 Å². The Morgan fingerprint density at radius 2 is 1.88 bits per heavy atom. The summed E-state index contributed by atoms with van der Waals surface area (Å²) in [4.78, 5) is 12.4. The van der Waals surface area contributed by atoms with Crippen LogP contribution in [0, 0.1) is 0 Å². The molecule has 0 saturated heterocycles. The van der Waals surface area contributed by atoms with E-state index in [4.69, 9.17) is 16.3 Å². The van der Waals surface area contributed by atoms with E-state index in [9.17, 15) is 4.79 Å². The van der Waals surface area contributed by atoms with Gasteiger partial charge in [0.1, 0.15) is 12.4 Å². The maximum absolute atomic E-state index is 12.4. The number of ether oxygens (including phenoxy) is 1. The van der Waals surface area contributed by atoms with Crippen LogP contribution in [0.25, 0.3) is 0 Å². The maximum Gasteiger partial charge on any atom is 0.251 e. The zero-order valence-electron chi connectivity index (χ0n) is 13.6. The van der Waals surface area contributed by atoms with Gasteiger partial charge in [-0.05, 0) is 37.1 Å². The van der Waals surface area contributed by atoms with Gasteiger partial charge in [-0.2, -0.15) is 0 Å². The molecule has 0 bridgehead atoms. The number of carbonyl (C=O) groups excluding carboxylic acids is 1. The lowest BCUT2D eigenvalue weighted by molar-refractivity contribution is 0.0927. The van der Waals surface area contributed by atoms with Crippen LogP contribution in [0.3, 0.4) is 0 Å². The van der Waals surface area contributed by atoms with Gasteiger partial charge in [0.2, 0.25) is 0 Å². The minimum absolute atomic E-state index is 0.0231. The molecule has 0 unspecified atom stereocenters. The molecular weight excluding hydrogens is 322 g/mol. The van der Waals surface area contributed by atoms with E-state index in [2.05, 4.69) is 5.32 Å². The van der Waals surface area contributed by atoms with Crippen LogP contribution in [-0.2, 0) is 6.61 Å². The van der Waals surface area contributed by atoms with Crippen molar-refractivity contribution < 1.29 is 9.53 Å². The summed E-state index contributed by atoms with van der Waals surface area (Å²) in [7, 11) is 0. The normalized spacial score (nSPS) is 15.0. The summed E-state index contributed by atoms with van der Waals surface area (Å²) in [5, 5.41) is 3.81. The van der Waals surface area contributed by atoms with Crippen LogP contribution in [0.1, 0.15) is 48.0 Å². The minimum atomic E-state index is -0.0231. The van der Waals surface area contributed by atoms with E-state index in [1.807, 2.05) is 42.5 Å². The van der Waals surface area contributed by atoms with Crippen molar-refractivity contribution in [3.8, 4) is 5.75 Å². The van der Waals surface area contributed by atoms with E-state index in [0.29, 0.717) is 29.0 Å². The monoisotopic (exact) mass is 343 g/mol. The standard InChI is InChI=1S/C20H22ClNO2/c21-19-12-5-4-7-16(19)14-24-18-11-6-8-15(13-18)20(23)22-17-9-2-1-3-10-17/h4-8,11-13,17H,1-3,9-10,14H2,(H,22,23). The van der Waals surface area contributed by atoms with E-state index >= 15 is 0 Å². The van der Waals surface area contributed by atoms with Crippen LogP contribution in [-0.4, -0.2) is 11.9 Å². The molecule has 0 atom stereocenters. The highest BCUT2D eigenvalue weighted by Crippen LogP contribution is 2.21. The van der Waals surface area contributed by atoms with E-state index in [-0.39, 0.29) is 5.91 Å². The lowest BCUT2D eigenvalue weighted by Crippen LogP contribution is -2.36. The van der Waals surface area contributed by atoms with E-state index < -0.39 is 0 Å². The van der Waals surface area contributed by atoms with Gasteiger partial charge in [-0.25, -0.2) is 0 Å². The summed E-state index contributed by atoms with van der Waals surface area (Å²) in [6.07, 6.45) is 5.83. The molecule has 1 amide bonds. The van der Waals surface area contributed by atoms with Gasteiger partial charge in [-0.1, -0.05) is 55.1 Å². The molecule has 0 aromatic heterocycles. The Hall–Kier alpha value is -2.00. The van der Waals surface area contributed by atoms with Crippen molar-refractivity contribution in [3.63, 3.8) is 0 Å². The second-order valence-electron chi connectivity index (χ2n) is 6.22. The Bertz CT molecular complexity index is 696. The van der Waals surface area contributed by atoms with Crippen molar-refractivity contribution in [1.82, 2.24) is 5.32 Å². The Labute approximate surface area is 148 Å². The van der Waals surface area contributed by atoms with Gasteiger partial charge < -0.3 is 10.1 Å². The highest BCUT2D eigenvalue weighted by molar-refractivity contribution is 6.31. The van der Waals surface area contributed by atoms with E-state index in [0.717, 1.165) is 18.4 Å². The van der Waals surface area contributed by atoms with Crippen molar-refractivity contribution in [2.45, 2.75) is 44.8 Å². The van der Waals surface area contributed by atoms with Gasteiger partial charge in [0.05, 0.1) is 0 Å². The first-order chi connectivity index (χ1) is 11.7. The number of halogens is 1. The Morgan fingerprint density at radius 3 is 2.67 bits per heavy atom. The molecule has 1 fully saturated rings. The predicted octanol–water partition coefficient (Wildman–Crippen LogP) is 4.98. The average Bonchev–Trinajstić information content (AvgIpc) is 2.62. The minimum Gasteiger partial charge on any atom is -0.489 e. The lowest BCUT2D eigenvalue weighted by atomic mass is 9.95. The average molecular weight is 344 g/mol. The highest BCUT2D eigenvalue weighted by atomic mass is 35.5. The molecule has 2 aromatic rings. The second-order valence-corrected chi connectivity index (χ2v) is 6.62. The number of rotatable bonds is 5. The van der Waals surface area contributed by atoms with Crippen molar-refractivity contribution in [3.05, 3.63) is 64.7 Å².